The minimum absolute atomic E-state index is 0.0745. The fourth-order valence-corrected chi connectivity index (χ4v) is 5.22. The molecule has 4 aromatic carbocycles. The highest BCUT2D eigenvalue weighted by Crippen LogP contribution is 2.37. The van der Waals surface area contributed by atoms with Crippen molar-refractivity contribution >= 4 is 44.9 Å². The van der Waals surface area contributed by atoms with E-state index in [9.17, 15) is 19.2 Å². The Morgan fingerprint density at radius 1 is 0.512 bits per heavy atom. The van der Waals surface area contributed by atoms with E-state index in [0.29, 0.717) is 50.2 Å². The number of carbonyl (C=O) groups excluding carboxylic acids is 4. The van der Waals surface area contributed by atoms with Gasteiger partial charge in [-0.1, -0.05) is 78.9 Å². The number of carbonyl (C=O) groups is 4. The van der Waals surface area contributed by atoms with E-state index >= 15 is 0 Å². The van der Waals surface area contributed by atoms with Crippen molar-refractivity contribution in [2.24, 2.45) is 0 Å². The van der Waals surface area contributed by atoms with Gasteiger partial charge in [-0.2, -0.15) is 0 Å². The second-order valence-corrected chi connectivity index (χ2v) is 9.85. The van der Waals surface area contributed by atoms with Gasteiger partial charge in [0.15, 0.2) is 23.1 Å². The maximum Gasteiger partial charge on any atom is 0.195 e. The average molecular weight is 537 g/mol. The number of pyridine rings is 1. The Bertz CT molecular complexity index is 1880. The molecule has 198 valence electrons. The smallest absolute Gasteiger partial charge is 0.195 e. The maximum absolute atomic E-state index is 13.9. The lowest BCUT2D eigenvalue weighted by Gasteiger charge is -2.12. The van der Waals surface area contributed by atoms with Gasteiger partial charge in [0.05, 0.1) is 11.0 Å². The molecule has 6 nitrogen and oxygen atoms in total. The Morgan fingerprint density at radius 3 is 1.34 bits per heavy atom. The first-order valence-electron chi connectivity index (χ1n) is 13.1. The second-order valence-electron chi connectivity index (χ2n) is 9.85. The lowest BCUT2D eigenvalue weighted by Crippen LogP contribution is -2.08. The Hall–Kier alpha value is -5.49. The van der Waals surface area contributed by atoms with Crippen molar-refractivity contribution in [2.45, 2.75) is 13.8 Å². The summed E-state index contributed by atoms with van der Waals surface area (Å²) in [5, 5.41) is 1.61. The summed E-state index contributed by atoms with van der Waals surface area (Å²) in [5.74, 6) is -0.00681. The Morgan fingerprint density at radius 2 is 0.951 bits per heavy atom. The molecule has 0 saturated carbocycles. The largest absolute Gasteiger partial charge is 0.295 e. The molecule has 41 heavy (non-hydrogen) atoms. The highest BCUT2D eigenvalue weighted by Gasteiger charge is 2.24. The third kappa shape index (κ3) is 4.45. The van der Waals surface area contributed by atoms with Crippen LogP contribution in [0.2, 0.25) is 0 Å². The fraction of sp³-hybridized carbons (Fsp3) is 0.0571. The predicted octanol–water partition coefficient (Wildman–Crippen LogP) is 7.05. The molecule has 0 fully saturated rings. The minimum atomic E-state index is -0.210. The van der Waals surface area contributed by atoms with Crippen LogP contribution in [0.5, 0.6) is 0 Å². The number of hydrogen-bond acceptors (Lipinski definition) is 5. The Kier molecular flexibility index (Phi) is 6.44. The molecular weight excluding hydrogens is 512 g/mol. The summed E-state index contributed by atoms with van der Waals surface area (Å²) in [6.07, 6.45) is 1.67. The summed E-state index contributed by atoms with van der Waals surface area (Å²) in [5.41, 5.74) is 4.12. The van der Waals surface area contributed by atoms with Crippen molar-refractivity contribution in [3.05, 3.63) is 143 Å². The van der Waals surface area contributed by atoms with Gasteiger partial charge in [0, 0.05) is 50.4 Å². The molecule has 6 aromatic rings. The van der Waals surface area contributed by atoms with Crippen LogP contribution < -0.4 is 0 Å². The molecule has 0 aliphatic rings. The zero-order chi connectivity index (χ0) is 28.7. The molecule has 0 saturated heterocycles. The molecule has 0 amide bonds. The molecule has 0 radical (unpaired) electrons. The second kappa shape index (κ2) is 10.2. The van der Waals surface area contributed by atoms with Crippen LogP contribution in [0, 0.1) is 0 Å². The van der Waals surface area contributed by atoms with Crippen molar-refractivity contribution < 1.29 is 19.2 Å². The number of rotatable bonds is 7. The summed E-state index contributed by atoms with van der Waals surface area (Å²) in [6, 6.07) is 29.8. The van der Waals surface area contributed by atoms with E-state index in [0.717, 1.165) is 10.8 Å². The molecule has 2 heterocycles. The van der Waals surface area contributed by atoms with Gasteiger partial charge >= 0.3 is 0 Å². The molecule has 0 N–H and O–H groups in total. The SMILES string of the molecule is CC(=O)c1ccc(C(=O)c2cccc3c4cccc(C(=O)c5ccc(C(C)=O)cc5)c4n(-c4ccccn4)c23)cc1. The number of nitrogens with zero attached hydrogens (tertiary/aromatic N) is 2. The van der Waals surface area contributed by atoms with Gasteiger partial charge in [-0.3, -0.25) is 23.7 Å². The van der Waals surface area contributed by atoms with Gasteiger partial charge in [0.1, 0.15) is 5.82 Å². The summed E-state index contributed by atoms with van der Waals surface area (Å²) >= 11 is 0. The molecule has 6 heteroatoms. The van der Waals surface area contributed by atoms with Crippen LogP contribution in [0.25, 0.3) is 27.6 Å². The highest BCUT2D eigenvalue weighted by molar-refractivity contribution is 6.25. The van der Waals surface area contributed by atoms with Crippen LogP contribution in [0.3, 0.4) is 0 Å². The van der Waals surface area contributed by atoms with E-state index in [-0.39, 0.29) is 23.1 Å². The minimum Gasteiger partial charge on any atom is -0.295 e. The van der Waals surface area contributed by atoms with Crippen LogP contribution in [0.15, 0.2) is 109 Å². The van der Waals surface area contributed by atoms with Crippen LogP contribution in [0.1, 0.15) is 66.4 Å². The summed E-state index contributed by atoms with van der Waals surface area (Å²) in [6.45, 7) is 2.97. The first-order valence-corrected chi connectivity index (χ1v) is 13.1. The number of ketones is 4. The van der Waals surface area contributed by atoms with Gasteiger partial charge in [0.25, 0.3) is 0 Å². The fourth-order valence-electron chi connectivity index (χ4n) is 5.22. The highest BCUT2D eigenvalue weighted by atomic mass is 16.1. The quantitative estimate of drug-likeness (QED) is 0.204. The molecule has 6 rings (SSSR count). The van der Waals surface area contributed by atoms with E-state index in [1.54, 1.807) is 66.9 Å². The van der Waals surface area contributed by atoms with Crippen molar-refractivity contribution in [3.63, 3.8) is 0 Å². The normalized spacial score (nSPS) is 11.1. The zero-order valence-electron chi connectivity index (χ0n) is 22.4. The lowest BCUT2D eigenvalue weighted by molar-refractivity contribution is 0.100. The summed E-state index contributed by atoms with van der Waals surface area (Å²) in [4.78, 5) is 56.0. The van der Waals surface area contributed by atoms with Gasteiger partial charge in [0.2, 0.25) is 0 Å². The predicted molar refractivity (Wildman–Crippen MR) is 158 cm³/mol. The van der Waals surface area contributed by atoms with Gasteiger partial charge < -0.3 is 0 Å². The van der Waals surface area contributed by atoms with E-state index in [4.69, 9.17) is 0 Å². The number of para-hydroxylation sites is 2. The van der Waals surface area contributed by atoms with E-state index in [2.05, 4.69) is 4.98 Å². The lowest BCUT2D eigenvalue weighted by atomic mass is 9.98. The molecule has 0 aliphatic carbocycles. The van der Waals surface area contributed by atoms with Crippen LogP contribution in [-0.2, 0) is 0 Å². The van der Waals surface area contributed by atoms with E-state index < -0.39 is 0 Å². The number of hydrogen-bond donors (Lipinski definition) is 0. The van der Waals surface area contributed by atoms with Crippen LogP contribution >= 0.6 is 0 Å². The average Bonchev–Trinajstić information content (AvgIpc) is 3.36. The third-order valence-corrected chi connectivity index (χ3v) is 7.28. The molecule has 0 unspecified atom stereocenters. The van der Waals surface area contributed by atoms with Gasteiger partial charge in [-0.05, 0) is 38.1 Å². The summed E-state index contributed by atoms with van der Waals surface area (Å²) < 4.78 is 1.87. The monoisotopic (exact) mass is 536 g/mol. The van der Waals surface area contributed by atoms with Gasteiger partial charge in [-0.15, -0.1) is 0 Å². The number of benzene rings is 4. The maximum atomic E-state index is 13.9. The first-order chi connectivity index (χ1) is 19.8. The Labute approximate surface area is 235 Å². The first kappa shape index (κ1) is 25.8. The van der Waals surface area contributed by atoms with Crippen molar-refractivity contribution in [2.75, 3.05) is 0 Å². The standard InChI is InChI=1S/C35H24N2O4/c1-21(38)23-12-16-25(17-13-23)34(40)29-9-5-7-27-28-8-6-10-30(35(41)26-18-14-24(15-19-26)22(2)39)33(28)37(32(27)29)31-11-3-4-20-36-31/h3-20H,1-2H3. The molecule has 2 aromatic heterocycles. The molecule has 0 atom stereocenters. The number of fused-ring (bicyclic) bond motifs is 3. The van der Waals surface area contributed by atoms with Crippen molar-refractivity contribution in [3.8, 4) is 5.82 Å². The summed E-state index contributed by atoms with van der Waals surface area (Å²) in [7, 11) is 0. The van der Waals surface area contributed by atoms with Crippen molar-refractivity contribution in [1.29, 1.82) is 0 Å². The third-order valence-electron chi connectivity index (χ3n) is 7.28. The molecule has 0 aliphatic heterocycles. The molecule has 0 bridgehead atoms. The van der Waals surface area contributed by atoms with Crippen molar-refractivity contribution in [1.82, 2.24) is 9.55 Å². The Balaban J connectivity index is 1.62. The van der Waals surface area contributed by atoms with Crippen LogP contribution in [-0.4, -0.2) is 32.7 Å². The van der Waals surface area contributed by atoms with Crippen LogP contribution in [0.4, 0.5) is 0 Å². The molecular formula is C35H24N2O4. The topological polar surface area (TPSA) is 86.1 Å². The zero-order valence-corrected chi connectivity index (χ0v) is 22.4. The molecule has 0 spiro atoms. The van der Waals surface area contributed by atoms with E-state index in [1.807, 2.05) is 47.0 Å². The van der Waals surface area contributed by atoms with E-state index in [1.165, 1.54) is 13.8 Å². The number of Topliss-reactive ketones (excluding diaryl/α,β-unsaturated/α-hetero) is 2. The van der Waals surface area contributed by atoms with Gasteiger partial charge in [-0.25, -0.2) is 4.98 Å². The number of aromatic nitrogens is 2.